The number of carbonyl (C=O) groups is 1. The molecule has 0 radical (unpaired) electrons. The Hall–Kier alpha value is -0.240. The Morgan fingerprint density at radius 3 is 2.64 bits per heavy atom. The van der Waals surface area contributed by atoms with Crippen molar-refractivity contribution in [3.8, 4) is 0 Å². The Morgan fingerprint density at radius 2 is 2.21 bits per heavy atom. The van der Waals surface area contributed by atoms with Crippen molar-refractivity contribution < 1.29 is 4.79 Å². The number of amides is 1. The third-order valence-electron chi connectivity index (χ3n) is 2.98. The van der Waals surface area contributed by atoms with Crippen LogP contribution in [0.1, 0.15) is 39.0 Å². The predicted molar refractivity (Wildman–Crippen MR) is 59.5 cm³/mol. The standard InChI is InChI=1S/C11H20ClNO/c1-2-13(8-4-7-12)11(14)9-10-5-3-6-10/h10H,2-9H2,1H3. The van der Waals surface area contributed by atoms with E-state index in [2.05, 4.69) is 0 Å². The van der Waals surface area contributed by atoms with Gasteiger partial charge >= 0.3 is 0 Å². The molecule has 0 atom stereocenters. The Kier molecular flexibility index (Phi) is 5.31. The number of alkyl halides is 1. The van der Waals surface area contributed by atoms with Gasteiger partial charge in [0.25, 0.3) is 0 Å². The zero-order chi connectivity index (χ0) is 10.4. The Labute approximate surface area is 91.6 Å². The molecule has 0 bridgehead atoms. The second-order valence-corrected chi connectivity index (χ2v) is 4.39. The minimum atomic E-state index is 0.322. The zero-order valence-electron chi connectivity index (χ0n) is 8.97. The van der Waals surface area contributed by atoms with Crippen LogP contribution >= 0.6 is 11.6 Å². The highest BCUT2D eigenvalue weighted by Gasteiger charge is 2.22. The number of nitrogens with zero attached hydrogens (tertiary/aromatic N) is 1. The zero-order valence-corrected chi connectivity index (χ0v) is 9.72. The molecule has 0 aromatic heterocycles. The van der Waals surface area contributed by atoms with Gasteiger partial charge in [0.15, 0.2) is 0 Å². The van der Waals surface area contributed by atoms with Crippen LogP contribution < -0.4 is 0 Å². The number of rotatable bonds is 6. The smallest absolute Gasteiger partial charge is 0.222 e. The van der Waals surface area contributed by atoms with Gasteiger partial charge in [-0.05, 0) is 32.1 Å². The first-order valence-corrected chi connectivity index (χ1v) is 6.15. The summed E-state index contributed by atoms with van der Waals surface area (Å²) in [6.07, 6.45) is 5.48. The Morgan fingerprint density at radius 1 is 1.50 bits per heavy atom. The minimum absolute atomic E-state index is 0.322. The van der Waals surface area contributed by atoms with Gasteiger partial charge in [-0.25, -0.2) is 0 Å². The molecule has 1 fully saturated rings. The first-order valence-electron chi connectivity index (χ1n) is 5.61. The summed E-state index contributed by atoms with van der Waals surface area (Å²) in [7, 11) is 0. The predicted octanol–water partition coefficient (Wildman–Crippen LogP) is 2.65. The van der Waals surface area contributed by atoms with E-state index in [4.69, 9.17) is 11.6 Å². The van der Waals surface area contributed by atoms with E-state index in [1.165, 1.54) is 19.3 Å². The molecule has 0 aromatic rings. The van der Waals surface area contributed by atoms with Gasteiger partial charge in [-0.3, -0.25) is 4.79 Å². The van der Waals surface area contributed by atoms with E-state index >= 15 is 0 Å². The van der Waals surface area contributed by atoms with Gasteiger partial charge in [0, 0.05) is 25.4 Å². The molecule has 1 amide bonds. The maximum Gasteiger partial charge on any atom is 0.222 e. The van der Waals surface area contributed by atoms with E-state index < -0.39 is 0 Å². The van der Waals surface area contributed by atoms with Gasteiger partial charge in [-0.15, -0.1) is 11.6 Å². The maximum atomic E-state index is 11.8. The molecule has 14 heavy (non-hydrogen) atoms. The van der Waals surface area contributed by atoms with Crippen molar-refractivity contribution >= 4 is 17.5 Å². The molecule has 0 spiro atoms. The fourth-order valence-electron chi connectivity index (χ4n) is 1.78. The van der Waals surface area contributed by atoms with Crippen LogP contribution in [-0.4, -0.2) is 29.8 Å². The molecular weight excluding hydrogens is 198 g/mol. The van der Waals surface area contributed by atoms with Crippen molar-refractivity contribution in [3.63, 3.8) is 0 Å². The van der Waals surface area contributed by atoms with Gasteiger partial charge in [-0.2, -0.15) is 0 Å². The van der Waals surface area contributed by atoms with Crippen LogP contribution in [0, 0.1) is 5.92 Å². The average molecular weight is 218 g/mol. The third kappa shape index (κ3) is 3.49. The minimum Gasteiger partial charge on any atom is -0.343 e. The lowest BCUT2D eigenvalue weighted by Crippen LogP contribution is -2.34. The van der Waals surface area contributed by atoms with E-state index in [1.54, 1.807) is 0 Å². The molecule has 1 aliphatic rings. The van der Waals surface area contributed by atoms with Crippen molar-refractivity contribution in [2.75, 3.05) is 19.0 Å². The molecule has 3 heteroatoms. The normalized spacial score (nSPS) is 16.4. The number of carbonyl (C=O) groups excluding carboxylic acids is 1. The van der Waals surface area contributed by atoms with Crippen molar-refractivity contribution in [3.05, 3.63) is 0 Å². The fraction of sp³-hybridized carbons (Fsp3) is 0.909. The van der Waals surface area contributed by atoms with Gasteiger partial charge in [0.1, 0.15) is 0 Å². The topological polar surface area (TPSA) is 20.3 Å². The molecule has 0 saturated heterocycles. The van der Waals surface area contributed by atoms with Crippen molar-refractivity contribution in [1.29, 1.82) is 0 Å². The van der Waals surface area contributed by atoms with Gasteiger partial charge in [0.2, 0.25) is 5.91 Å². The summed E-state index contributed by atoms with van der Waals surface area (Å²) in [6, 6.07) is 0. The summed E-state index contributed by atoms with van der Waals surface area (Å²) >= 11 is 5.61. The summed E-state index contributed by atoms with van der Waals surface area (Å²) < 4.78 is 0. The Balaban J connectivity index is 2.23. The van der Waals surface area contributed by atoms with Crippen LogP contribution in [0.2, 0.25) is 0 Å². The van der Waals surface area contributed by atoms with Crippen molar-refractivity contribution in [1.82, 2.24) is 4.90 Å². The molecule has 1 rings (SSSR count). The second kappa shape index (κ2) is 6.28. The number of hydrogen-bond donors (Lipinski definition) is 0. The highest BCUT2D eigenvalue weighted by molar-refractivity contribution is 6.17. The molecule has 2 nitrogen and oxygen atoms in total. The molecule has 0 unspecified atom stereocenters. The van der Waals surface area contributed by atoms with Gasteiger partial charge < -0.3 is 4.90 Å². The van der Waals surface area contributed by atoms with Crippen LogP contribution in [0.3, 0.4) is 0 Å². The molecule has 0 heterocycles. The van der Waals surface area contributed by atoms with Crippen LogP contribution in [0.25, 0.3) is 0 Å². The first kappa shape index (κ1) is 11.8. The summed E-state index contributed by atoms with van der Waals surface area (Å²) in [5.74, 6) is 1.64. The lowest BCUT2D eigenvalue weighted by Gasteiger charge is -2.28. The molecule has 0 N–H and O–H groups in total. The van der Waals surface area contributed by atoms with Crippen LogP contribution in [-0.2, 0) is 4.79 Å². The van der Waals surface area contributed by atoms with Crippen LogP contribution in [0.4, 0.5) is 0 Å². The van der Waals surface area contributed by atoms with E-state index in [-0.39, 0.29) is 0 Å². The van der Waals surface area contributed by atoms with E-state index in [0.29, 0.717) is 17.7 Å². The lowest BCUT2D eigenvalue weighted by molar-refractivity contribution is -0.132. The van der Waals surface area contributed by atoms with Crippen molar-refractivity contribution in [2.24, 2.45) is 5.92 Å². The van der Waals surface area contributed by atoms with Gasteiger partial charge in [-0.1, -0.05) is 6.42 Å². The van der Waals surface area contributed by atoms with E-state index in [0.717, 1.165) is 25.9 Å². The van der Waals surface area contributed by atoms with E-state index in [9.17, 15) is 4.79 Å². The van der Waals surface area contributed by atoms with Crippen molar-refractivity contribution in [2.45, 2.75) is 39.0 Å². The van der Waals surface area contributed by atoms with Crippen LogP contribution in [0.5, 0.6) is 0 Å². The second-order valence-electron chi connectivity index (χ2n) is 4.02. The SMILES string of the molecule is CCN(CCCCl)C(=O)CC1CCC1. The maximum absolute atomic E-state index is 11.8. The molecule has 1 saturated carbocycles. The largest absolute Gasteiger partial charge is 0.343 e. The first-order chi connectivity index (χ1) is 6.77. The van der Waals surface area contributed by atoms with Gasteiger partial charge in [0.05, 0.1) is 0 Å². The number of hydrogen-bond acceptors (Lipinski definition) is 1. The highest BCUT2D eigenvalue weighted by atomic mass is 35.5. The third-order valence-corrected chi connectivity index (χ3v) is 3.25. The quantitative estimate of drug-likeness (QED) is 0.627. The highest BCUT2D eigenvalue weighted by Crippen LogP contribution is 2.29. The molecule has 82 valence electrons. The van der Waals surface area contributed by atoms with E-state index in [1.807, 2.05) is 11.8 Å². The average Bonchev–Trinajstić information content (AvgIpc) is 2.13. The number of halogens is 1. The molecule has 0 aromatic carbocycles. The lowest BCUT2D eigenvalue weighted by atomic mass is 9.82. The summed E-state index contributed by atoms with van der Waals surface area (Å²) in [5.41, 5.74) is 0. The van der Waals surface area contributed by atoms with Crippen LogP contribution in [0.15, 0.2) is 0 Å². The molecule has 1 aliphatic carbocycles. The molecular formula is C11H20ClNO. The molecule has 0 aliphatic heterocycles. The Bertz CT molecular complexity index is 180. The summed E-state index contributed by atoms with van der Waals surface area (Å²) in [5, 5.41) is 0. The summed E-state index contributed by atoms with van der Waals surface area (Å²) in [4.78, 5) is 13.7. The summed E-state index contributed by atoms with van der Waals surface area (Å²) in [6.45, 7) is 3.68. The monoisotopic (exact) mass is 217 g/mol. The fourth-order valence-corrected chi connectivity index (χ4v) is 1.90.